The molecule has 3 heterocycles. The molecule has 2 fully saturated rings. The highest BCUT2D eigenvalue weighted by atomic mass is 16.4. The lowest BCUT2D eigenvalue weighted by atomic mass is 9.82. The van der Waals surface area contributed by atoms with Gasteiger partial charge in [-0.3, -0.25) is 9.47 Å². The molecule has 1 amide bonds. The summed E-state index contributed by atoms with van der Waals surface area (Å²) in [6.45, 7) is 2.62. The minimum atomic E-state index is -0.827. The molecule has 202 valence electrons. The summed E-state index contributed by atoms with van der Waals surface area (Å²) in [4.78, 5) is 32.7. The fourth-order valence-electron chi connectivity index (χ4n) is 7.10. The number of nitrogens with one attached hydrogen (secondary N) is 1. The van der Waals surface area contributed by atoms with Crippen LogP contribution in [0, 0.1) is 5.92 Å². The number of nitrogens with zero attached hydrogens (tertiary/aromatic N) is 3. The van der Waals surface area contributed by atoms with Crippen LogP contribution in [0.4, 0.5) is 4.79 Å². The second-order valence-corrected chi connectivity index (χ2v) is 11.1. The molecule has 7 nitrogen and oxygen atoms in total. The molecule has 1 aromatic heterocycles. The fourth-order valence-corrected chi connectivity index (χ4v) is 7.10. The molecular formula is C32H36N4O3. The van der Waals surface area contributed by atoms with Crippen molar-refractivity contribution in [3.8, 4) is 0 Å². The van der Waals surface area contributed by atoms with Crippen molar-refractivity contribution in [1.82, 2.24) is 19.4 Å². The first-order chi connectivity index (χ1) is 19.1. The molecule has 2 saturated heterocycles. The van der Waals surface area contributed by atoms with Gasteiger partial charge in [-0.25, -0.2) is 9.59 Å². The predicted molar refractivity (Wildman–Crippen MR) is 153 cm³/mol. The van der Waals surface area contributed by atoms with Crippen molar-refractivity contribution < 1.29 is 9.90 Å². The van der Waals surface area contributed by atoms with Gasteiger partial charge in [0.2, 0.25) is 0 Å². The van der Waals surface area contributed by atoms with Gasteiger partial charge in [-0.05, 0) is 61.9 Å². The quantitative estimate of drug-likeness (QED) is 0.286. The number of hydrogen-bond acceptors (Lipinski definition) is 3. The van der Waals surface area contributed by atoms with Gasteiger partial charge in [-0.2, -0.15) is 0 Å². The Morgan fingerprint density at radius 3 is 2.18 bits per heavy atom. The SMILES string of the molecule is O=C(O)N1C2CCC1C(CCCN(Cc1ccccc1)Cc1ccccc1)C(n1c(=O)[nH]c3ccccc31)C2. The molecule has 0 spiro atoms. The van der Waals surface area contributed by atoms with E-state index >= 15 is 0 Å². The van der Waals surface area contributed by atoms with Crippen LogP contribution in [0.2, 0.25) is 0 Å². The Morgan fingerprint density at radius 2 is 1.51 bits per heavy atom. The smallest absolute Gasteiger partial charge is 0.407 e. The zero-order chi connectivity index (χ0) is 26.8. The van der Waals surface area contributed by atoms with Crippen molar-refractivity contribution in [3.05, 3.63) is 107 Å². The first kappa shape index (κ1) is 25.4. The van der Waals surface area contributed by atoms with E-state index < -0.39 is 6.09 Å². The second-order valence-electron chi connectivity index (χ2n) is 11.1. The number of H-pyrrole nitrogens is 1. The first-order valence-electron chi connectivity index (χ1n) is 14.1. The normalized spacial score (nSPS) is 22.5. The van der Waals surface area contributed by atoms with E-state index in [9.17, 15) is 14.7 Å². The fraction of sp³-hybridized carbons (Fsp3) is 0.375. The topological polar surface area (TPSA) is 81.6 Å². The van der Waals surface area contributed by atoms with Gasteiger partial charge in [0.25, 0.3) is 0 Å². The number of amides is 1. The first-order valence-corrected chi connectivity index (χ1v) is 14.1. The van der Waals surface area contributed by atoms with E-state index in [0.29, 0.717) is 6.42 Å². The van der Waals surface area contributed by atoms with Crippen molar-refractivity contribution >= 4 is 17.1 Å². The number of aromatic amines is 1. The van der Waals surface area contributed by atoms with Crippen molar-refractivity contribution in [1.29, 1.82) is 0 Å². The third-order valence-electron chi connectivity index (χ3n) is 8.73. The van der Waals surface area contributed by atoms with E-state index in [1.54, 1.807) is 4.90 Å². The van der Waals surface area contributed by atoms with Gasteiger partial charge < -0.3 is 15.0 Å². The van der Waals surface area contributed by atoms with Crippen LogP contribution in [0.5, 0.6) is 0 Å². The molecule has 2 bridgehead atoms. The highest BCUT2D eigenvalue weighted by molar-refractivity contribution is 5.75. The molecule has 4 unspecified atom stereocenters. The van der Waals surface area contributed by atoms with E-state index in [2.05, 4.69) is 58.4 Å². The van der Waals surface area contributed by atoms with E-state index in [0.717, 1.165) is 56.4 Å². The number of fused-ring (bicyclic) bond motifs is 3. The lowest BCUT2D eigenvalue weighted by molar-refractivity contribution is 0.0447. The molecule has 7 heteroatoms. The van der Waals surface area contributed by atoms with Crippen LogP contribution in [-0.2, 0) is 13.1 Å². The van der Waals surface area contributed by atoms with E-state index in [1.807, 2.05) is 41.0 Å². The van der Waals surface area contributed by atoms with Crippen LogP contribution >= 0.6 is 0 Å². The summed E-state index contributed by atoms with van der Waals surface area (Å²) in [6, 6.07) is 28.8. The largest absolute Gasteiger partial charge is 0.465 e. The Kier molecular flexibility index (Phi) is 7.24. The lowest BCUT2D eigenvalue weighted by Gasteiger charge is -2.44. The Bertz CT molecular complexity index is 1420. The number of carbonyl (C=O) groups is 1. The highest BCUT2D eigenvalue weighted by Crippen LogP contribution is 2.47. The van der Waals surface area contributed by atoms with E-state index in [-0.39, 0.29) is 29.7 Å². The average Bonchev–Trinajstić information content (AvgIpc) is 3.46. The van der Waals surface area contributed by atoms with Gasteiger partial charge >= 0.3 is 11.8 Å². The van der Waals surface area contributed by atoms with Gasteiger partial charge in [0, 0.05) is 37.1 Å². The monoisotopic (exact) mass is 524 g/mol. The maximum atomic E-state index is 13.2. The Hall–Kier alpha value is -3.84. The van der Waals surface area contributed by atoms with Gasteiger partial charge in [-0.15, -0.1) is 0 Å². The number of aromatic nitrogens is 2. The number of hydrogen-bond donors (Lipinski definition) is 2. The Balaban J connectivity index is 1.25. The van der Waals surface area contributed by atoms with Crippen LogP contribution in [0.1, 0.15) is 49.3 Å². The van der Waals surface area contributed by atoms with Crippen molar-refractivity contribution in [3.63, 3.8) is 0 Å². The van der Waals surface area contributed by atoms with Crippen molar-refractivity contribution in [2.45, 2.75) is 63.3 Å². The minimum absolute atomic E-state index is 0.0153. The van der Waals surface area contributed by atoms with Crippen molar-refractivity contribution in [2.75, 3.05) is 6.54 Å². The van der Waals surface area contributed by atoms with Crippen LogP contribution < -0.4 is 5.69 Å². The maximum absolute atomic E-state index is 13.2. The molecule has 2 aliphatic heterocycles. The minimum Gasteiger partial charge on any atom is -0.465 e. The van der Waals surface area contributed by atoms with Gasteiger partial charge in [0.15, 0.2) is 0 Å². The van der Waals surface area contributed by atoms with Gasteiger partial charge in [-0.1, -0.05) is 72.8 Å². The van der Waals surface area contributed by atoms with Gasteiger partial charge in [0.05, 0.1) is 11.0 Å². The summed E-state index contributed by atoms with van der Waals surface area (Å²) in [6.07, 6.45) is 3.41. The standard InChI is InChI=1S/C32H36N4O3/c37-31-33-27-15-7-8-16-29(27)36(31)30-20-25-17-18-28(35(25)32(38)39)26(30)14-9-19-34(21-23-10-3-1-4-11-23)22-24-12-5-2-6-13-24/h1-8,10-13,15-16,25-26,28,30H,9,14,17-22H2,(H,33,37)(H,38,39). The summed E-state index contributed by atoms with van der Waals surface area (Å²) in [7, 11) is 0. The summed E-state index contributed by atoms with van der Waals surface area (Å²) in [5.41, 5.74) is 4.22. The molecule has 0 saturated carbocycles. The molecular weight excluding hydrogens is 488 g/mol. The predicted octanol–water partition coefficient (Wildman–Crippen LogP) is 5.88. The second kappa shape index (κ2) is 11.1. The summed E-state index contributed by atoms with van der Waals surface area (Å²) in [5.74, 6) is 0.0899. The van der Waals surface area contributed by atoms with Crippen LogP contribution in [0.3, 0.4) is 0 Å². The summed E-state index contributed by atoms with van der Waals surface area (Å²) >= 11 is 0. The highest BCUT2D eigenvalue weighted by Gasteiger charge is 2.50. The van der Waals surface area contributed by atoms with Crippen molar-refractivity contribution in [2.24, 2.45) is 5.92 Å². The average molecular weight is 525 g/mol. The van der Waals surface area contributed by atoms with Crippen LogP contribution in [0.25, 0.3) is 11.0 Å². The zero-order valence-corrected chi connectivity index (χ0v) is 22.2. The zero-order valence-electron chi connectivity index (χ0n) is 22.2. The molecule has 4 atom stereocenters. The third kappa shape index (κ3) is 5.23. The number of piperidine rings is 1. The number of carboxylic acid groups (broad SMARTS) is 1. The number of benzene rings is 3. The Morgan fingerprint density at radius 1 is 0.872 bits per heavy atom. The summed E-state index contributed by atoms with van der Waals surface area (Å²) in [5, 5.41) is 10.1. The molecule has 3 aromatic carbocycles. The molecule has 2 aliphatic rings. The number of rotatable bonds is 9. The van der Waals surface area contributed by atoms with E-state index in [1.165, 1.54) is 11.1 Å². The molecule has 2 N–H and O–H groups in total. The van der Waals surface area contributed by atoms with E-state index in [4.69, 9.17) is 0 Å². The summed E-state index contributed by atoms with van der Waals surface area (Å²) < 4.78 is 1.93. The number of para-hydroxylation sites is 2. The third-order valence-corrected chi connectivity index (χ3v) is 8.73. The molecule has 0 radical (unpaired) electrons. The van der Waals surface area contributed by atoms with Crippen LogP contribution in [0.15, 0.2) is 89.7 Å². The molecule has 0 aliphatic carbocycles. The van der Waals surface area contributed by atoms with Crippen LogP contribution in [-0.4, -0.2) is 49.2 Å². The van der Waals surface area contributed by atoms with Gasteiger partial charge in [0.1, 0.15) is 0 Å². The molecule has 4 aromatic rings. The molecule has 6 rings (SSSR count). The molecule has 39 heavy (non-hydrogen) atoms. The lowest BCUT2D eigenvalue weighted by Crippen LogP contribution is -2.52. The Labute approximate surface area is 228 Å². The number of imidazole rings is 1. The maximum Gasteiger partial charge on any atom is 0.407 e.